The molecule has 1 aromatic heterocycles. The number of rotatable bonds is 4. The van der Waals surface area contributed by atoms with Crippen molar-refractivity contribution in [3.63, 3.8) is 0 Å². The third-order valence-corrected chi connectivity index (χ3v) is 3.76. The van der Waals surface area contributed by atoms with Gasteiger partial charge in [0.15, 0.2) is 0 Å². The maximum Gasteiger partial charge on any atom is 0.328 e. The molecule has 0 bridgehead atoms. The van der Waals surface area contributed by atoms with Crippen LogP contribution < -0.4 is 5.32 Å². The first kappa shape index (κ1) is 15.2. The molecule has 1 unspecified atom stereocenters. The molecule has 1 heterocycles. The van der Waals surface area contributed by atoms with E-state index in [-0.39, 0.29) is 23.1 Å². The van der Waals surface area contributed by atoms with Gasteiger partial charge in [-0.1, -0.05) is 19.9 Å². The van der Waals surface area contributed by atoms with Gasteiger partial charge in [0.25, 0.3) is 5.91 Å². The molecular formula is C16H20N2O3. The Kier molecular flexibility index (Phi) is 4.40. The van der Waals surface area contributed by atoms with Gasteiger partial charge in [-0.05, 0) is 36.8 Å². The van der Waals surface area contributed by atoms with Crippen molar-refractivity contribution in [2.24, 2.45) is 5.41 Å². The van der Waals surface area contributed by atoms with E-state index in [0.717, 1.165) is 25.3 Å². The summed E-state index contributed by atoms with van der Waals surface area (Å²) in [6, 6.07) is 3.52. The van der Waals surface area contributed by atoms with E-state index in [1.807, 2.05) is 0 Å². The Hall–Kier alpha value is -2.17. The number of pyridine rings is 1. The maximum absolute atomic E-state index is 12.3. The standard InChI is InChI=1S/C16H20N2O3/c1-16(2)8-7-12(10-16)18-15(21)14-11(4-3-9-17-14)5-6-13(19)20/h3-6,9,12H,7-8,10H2,1-2H3,(H,18,21)(H,19,20)/b6-5+. The number of carbonyl (C=O) groups is 2. The van der Waals surface area contributed by atoms with Gasteiger partial charge < -0.3 is 10.4 Å². The molecule has 0 aliphatic heterocycles. The lowest BCUT2D eigenvalue weighted by atomic mass is 9.92. The molecule has 2 N–H and O–H groups in total. The predicted molar refractivity (Wildman–Crippen MR) is 79.8 cm³/mol. The first-order chi connectivity index (χ1) is 9.87. The van der Waals surface area contributed by atoms with Crippen molar-refractivity contribution in [1.82, 2.24) is 10.3 Å². The van der Waals surface area contributed by atoms with Crippen LogP contribution in [0.3, 0.4) is 0 Å². The summed E-state index contributed by atoms with van der Waals surface area (Å²) in [5, 5.41) is 11.7. The number of hydrogen-bond donors (Lipinski definition) is 2. The summed E-state index contributed by atoms with van der Waals surface area (Å²) < 4.78 is 0. The second kappa shape index (κ2) is 6.08. The van der Waals surface area contributed by atoms with E-state index in [4.69, 9.17) is 5.11 Å². The number of aliphatic carboxylic acids is 1. The largest absolute Gasteiger partial charge is 0.478 e. The first-order valence-electron chi connectivity index (χ1n) is 7.04. The van der Waals surface area contributed by atoms with Crippen LogP contribution in [0.25, 0.3) is 6.08 Å². The average molecular weight is 288 g/mol. The molecule has 1 aliphatic carbocycles. The van der Waals surface area contributed by atoms with E-state index in [1.165, 1.54) is 12.3 Å². The van der Waals surface area contributed by atoms with Crippen molar-refractivity contribution < 1.29 is 14.7 Å². The SMILES string of the molecule is CC1(C)CCC(NC(=O)c2ncccc2/C=C/C(=O)O)C1. The normalized spacial score (nSPS) is 20.6. The van der Waals surface area contributed by atoms with Crippen LogP contribution in [0.4, 0.5) is 0 Å². The van der Waals surface area contributed by atoms with Gasteiger partial charge in [-0.15, -0.1) is 0 Å². The molecule has 5 nitrogen and oxygen atoms in total. The molecule has 1 atom stereocenters. The number of nitrogens with one attached hydrogen (secondary N) is 1. The van der Waals surface area contributed by atoms with Gasteiger partial charge in [0.05, 0.1) is 0 Å². The van der Waals surface area contributed by atoms with Gasteiger partial charge in [-0.25, -0.2) is 4.79 Å². The van der Waals surface area contributed by atoms with Crippen molar-refractivity contribution in [2.45, 2.75) is 39.2 Å². The fourth-order valence-corrected chi connectivity index (χ4v) is 2.72. The zero-order chi connectivity index (χ0) is 15.5. The molecule has 0 saturated heterocycles. The summed E-state index contributed by atoms with van der Waals surface area (Å²) in [5.41, 5.74) is 1.03. The van der Waals surface area contributed by atoms with E-state index >= 15 is 0 Å². The number of hydrogen-bond acceptors (Lipinski definition) is 3. The molecule has 1 saturated carbocycles. The Morgan fingerprint density at radius 1 is 1.48 bits per heavy atom. The highest BCUT2D eigenvalue weighted by Gasteiger charge is 2.32. The van der Waals surface area contributed by atoms with Crippen molar-refractivity contribution in [3.8, 4) is 0 Å². The van der Waals surface area contributed by atoms with Crippen LogP contribution in [0.15, 0.2) is 24.4 Å². The fourth-order valence-electron chi connectivity index (χ4n) is 2.72. The smallest absolute Gasteiger partial charge is 0.328 e. The fraction of sp³-hybridized carbons (Fsp3) is 0.438. The second-order valence-corrected chi connectivity index (χ2v) is 6.19. The first-order valence-corrected chi connectivity index (χ1v) is 7.04. The number of carboxylic acids is 1. The lowest BCUT2D eigenvalue weighted by Gasteiger charge is -2.18. The molecule has 0 radical (unpaired) electrons. The lowest BCUT2D eigenvalue weighted by Crippen LogP contribution is -2.34. The van der Waals surface area contributed by atoms with Gasteiger partial charge in [0, 0.05) is 23.9 Å². The summed E-state index contributed by atoms with van der Waals surface area (Å²) in [6.45, 7) is 4.39. The average Bonchev–Trinajstić information content (AvgIpc) is 2.75. The molecule has 1 fully saturated rings. The number of aromatic nitrogens is 1. The number of amides is 1. The highest BCUT2D eigenvalue weighted by molar-refractivity contribution is 5.97. The van der Waals surface area contributed by atoms with Crippen LogP contribution in [0.5, 0.6) is 0 Å². The minimum Gasteiger partial charge on any atom is -0.478 e. The molecular weight excluding hydrogens is 268 g/mol. The molecule has 2 rings (SSSR count). The van der Waals surface area contributed by atoms with Gasteiger partial charge in [-0.3, -0.25) is 9.78 Å². The topological polar surface area (TPSA) is 79.3 Å². The van der Waals surface area contributed by atoms with Crippen molar-refractivity contribution in [1.29, 1.82) is 0 Å². The van der Waals surface area contributed by atoms with Crippen molar-refractivity contribution >= 4 is 18.0 Å². The Bertz CT molecular complexity index is 579. The highest BCUT2D eigenvalue weighted by atomic mass is 16.4. The summed E-state index contributed by atoms with van der Waals surface area (Å²) in [7, 11) is 0. The minimum atomic E-state index is -1.05. The number of carboxylic acid groups (broad SMARTS) is 1. The Morgan fingerprint density at radius 2 is 2.24 bits per heavy atom. The highest BCUT2D eigenvalue weighted by Crippen LogP contribution is 2.36. The Labute approximate surface area is 124 Å². The molecule has 1 aliphatic rings. The lowest BCUT2D eigenvalue weighted by molar-refractivity contribution is -0.131. The van der Waals surface area contributed by atoms with E-state index < -0.39 is 5.97 Å². The van der Waals surface area contributed by atoms with Crippen LogP contribution in [0.1, 0.15) is 49.2 Å². The van der Waals surface area contributed by atoms with Crippen LogP contribution in [-0.4, -0.2) is 28.0 Å². The summed E-state index contributed by atoms with van der Waals surface area (Å²) in [4.78, 5) is 27.0. The summed E-state index contributed by atoms with van der Waals surface area (Å²) in [5.74, 6) is -1.30. The quantitative estimate of drug-likeness (QED) is 0.834. The van der Waals surface area contributed by atoms with Gasteiger partial charge in [0.2, 0.25) is 0 Å². The van der Waals surface area contributed by atoms with Gasteiger partial charge >= 0.3 is 5.97 Å². The molecule has 0 spiro atoms. The molecule has 5 heteroatoms. The van der Waals surface area contributed by atoms with E-state index in [0.29, 0.717) is 5.56 Å². The van der Waals surface area contributed by atoms with Gasteiger partial charge in [-0.2, -0.15) is 0 Å². The van der Waals surface area contributed by atoms with Crippen LogP contribution in [-0.2, 0) is 4.79 Å². The van der Waals surface area contributed by atoms with Crippen LogP contribution in [0.2, 0.25) is 0 Å². The molecule has 1 amide bonds. The maximum atomic E-state index is 12.3. The second-order valence-electron chi connectivity index (χ2n) is 6.19. The minimum absolute atomic E-state index is 0.158. The molecule has 1 aromatic rings. The molecule has 112 valence electrons. The molecule has 0 aromatic carbocycles. The van der Waals surface area contributed by atoms with Crippen LogP contribution >= 0.6 is 0 Å². The predicted octanol–water partition coefficient (Wildman–Crippen LogP) is 2.49. The monoisotopic (exact) mass is 288 g/mol. The Balaban J connectivity index is 2.11. The van der Waals surface area contributed by atoms with Gasteiger partial charge in [0.1, 0.15) is 5.69 Å². The van der Waals surface area contributed by atoms with Crippen molar-refractivity contribution in [2.75, 3.05) is 0 Å². The van der Waals surface area contributed by atoms with E-state index in [9.17, 15) is 9.59 Å². The summed E-state index contributed by atoms with van der Waals surface area (Å²) in [6.07, 6.45) is 6.94. The van der Waals surface area contributed by atoms with Crippen LogP contribution in [0, 0.1) is 5.41 Å². The van der Waals surface area contributed by atoms with E-state index in [1.54, 1.807) is 12.1 Å². The Morgan fingerprint density at radius 3 is 2.86 bits per heavy atom. The zero-order valence-electron chi connectivity index (χ0n) is 12.3. The number of carbonyl (C=O) groups excluding carboxylic acids is 1. The third kappa shape index (κ3) is 4.15. The van der Waals surface area contributed by atoms with E-state index in [2.05, 4.69) is 24.1 Å². The van der Waals surface area contributed by atoms with Crippen molar-refractivity contribution in [3.05, 3.63) is 35.7 Å². The summed E-state index contributed by atoms with van der Waals surface area (Å²) >= 11 is 0. The molecule has 21 heavy (non-hydrogen) atoms. The third-order valence-electron chi connectivity index (χ3n) is 3.76. The number of nitrogens with zero attached hydrogens (tertiary/aromatic N) is 1. The zero-order valence-corrected chi connectivity index (χ0v) is 12.3.